The molecule has 0 bridgehead atoms. The van der Waals surface area contributed by atoms with Crippen molar-refractivity contribution in [1.82, 2.24) is 0 Å². The lowest BCUT2D eigenvalue weighted by atomic mass is 9.85. The standard InChI is InChI=1S/C17H23NO2/c1-3-4-5-10-17(2)12-19-16(20-13-17)15-8-6-14(11-18)7-9-15/h6-9,16H,3-5,10,12-13H2,1-2H3. The predicted octanol–water partition coefficient (Wildman–Crippen LogP) is 4.19. The Hall–Kier alpha value is -1.37. The summed E-state index contributed by atoms with van der Waals surface area (Å²) in [6.45, 7) is 5.93. The zero-order valence-corrected chi connectivity index (χ0v) is 12.4. The van der Waals surface area contributed by atoms with Gasteiger partial charge in [0.2, 0.25) is 0 Å². The number of hydrogen-bond donors (Lipinski definition) is 0. The van der Waals surface area contributed by atoms with Crippen LogP contribution in [0.25, 0.3) is 0 Å². The van der Waals surface area contributed by atoms with Crippen molar-refractivity contribution in [2.45, 2.75) is 45.8 Å². The van der Waals surface area contributed by atoms with Crippen molar-refractivity contribution in [2.24, 2.45) is 5.41 Å². The molecule has 3 nitrogen and oxygen atoms in total. The average Bonchev–Trinajstić information content (AvgIpc) is 2.48. The molecule has 0 amide bonds. The first-order valence-electron chi connectivity index (χ1n) is 7.40. The van der Waals surface area contributed by atoms with E-state index in [1.54, 1.807) is 12.1 Å². The van der Waals surface area contributed by atoms with Crippen molar-refractivity contribution in [2.75, 3.05) is 13.2 Å². The summed E-state index contributed by atoms with van der Waals surface area (Å²) in [6, 6.07) is 9.53. The van der Waals surface area contributed by atoms with Crippen LogP contribution in [0, 0.1) is 16.7 Å². The van der Waals surface area contributed by atoms with E-state index in [4.69, 9.17) is 14.7 Å². The van der Waals surface area contributed by atoms with Crippen molar-refractivity contribution in [3.8, 4) is 6.07 Å². The molecular weight excluding hydrogens is 250 g/mol. The first-order valence-corrected chi connectivity index (χ1v) is 7.40. The maximum Gasteiger partial charge on any atom is 0.183 e. The molecule has 0 unspecified atom stereocenters. The molecule has 20 heavy (non-hydrogen) atoms. The first-order chi connectivity index (χ1) is 9.67. The SMILES string of the molecule is CCCCCC1(C)COC(c2ccc(C#N)cc2)OC1. The van der Waals surface area contributed by atoms with Crippen LogP contribution in [0.2, 0.25) is 0 Å². The monoisotopic (exact) mass is 273 g/mol. The second-order valence-corrected chi connectivity index (χ2v) is 5.96. The summed E-state index contributed by atoms with van der Waals surface area (Å²) in [6.07, 6.45) is 4.62. The third-order valence-corrected chi connectivity index (χ3v) is 3.86. The highest BCUT2D eigenvalue weighted by molar-refractivity contribution is 5.32. The van der Waals surface area contributed by atoms with E-state index in [0.29, 0.717) is 5.56 Å². The van der Waals surface area contributed by atoms with Gasteiger partial charge in [-0.25, -0.2) is 0 Å². The van der Waals surface area contributed by atoms with Crippen molar-refractivity contribution in [3.63, 3.8) is 0 Å². The van der Waals surface area contributed by atoms with E-state index in [2.05, 4.69) is 19.9 Å². The fourth-order valence-corrected chi connectivity index (χ4v) is 2.50. The van der Waals surface area contributed by atoms with Crippen LogP contribution in [0.15, 0.2) is 24.3 Å². The van der Waals surface area contributed by atoms with Gasteiger partial charge in [0.05, 0.1) is 24.8 Å². The molecule has 1 fully saturated rings. The fraction of sp³-hybridized carbons (Fsp3) is 0.588. The van der Waals surface area contributed by atoms with Crippen molar-refractivity contribution < 1.29 is 9.47 Å². The van der Waals surface area contributed by atoms with Crippen LogP contribution in [0.5, 0.6) is 0 Å². The molecule has 0 aliphatic carbocycles. The molecule has 0 aromatic heterocycles. The van der Waals surface area contributed by atoms with Crippen LogP contribution >= 0.6 is 0 Å². The lowest BCUT2D eigenvalue weighted by Gasteiger charge is -2.37. The number of rotatable bonds is 5. The number of ether oxygens (including phenoxy) is 2. The highest BCUT2D eigenvalue weighted by Crippen LogP contribution is 2.35. The Labute approximate surface area is 121 Å². The molecule has 1 aromatic rings. The largest absolute Gasteiger partial charge is 0.348 e. The summed E-state index contributed by atoms with van der Waals surface area (Å²) in [7, 11) is 0. The van der Waals surface area contributed by atoms with E-state index in [9.17, 15) is 0 Å². The molecule has 1 aromatic carbocycles. The zero-order chi connectivity index (χ0) is 14.4. The number of benzene rings is 1. The van der Waals surface area contributed by atoms with E-state index in [0.717, 1.165) is 25.2 Å². The molecule has 0 saturated carbocycles. The maximum atomic E-state index is 8.80. The molecule has 2 rings (SSSR count). The topological polar surface area (TPSA) is 42.2 Å². The molecule has 108 valence electrons. The van der Waals surface area contributed by atoms with Crippen LogP contribution in [0.4, 0.5) is 0 Å². The van der Waals surface area contributed by atoms with Crippen molar-refractivity contribution in [1.29, 1.82) is 5.26 Å². The molecule has 1 heterocycles. The minimum absolute atomic E-state index is 0.137. The first kappa shape index (κ1) is 15.0. The average molecular weight is 273 g/mol. The second kappa shape index (κ2) is 6.88. The summed E-state index contributed by atoms with van der Waals surface area (Å²) in [5.74, 6) is 0. The summed E-state index contributed by atoms with van der Waals surface area (Å²) in [5, 5.41) is 8.80. The van der Waals surface area contributed by atoms with Gasteiger partial charge >= 0.3 is 0 Å². The quantitative estimate of drug-likeness (QED) is 0.755. The van der Waals surface area contributed by atoms with Crippen molar-refractivity contribution >= 4 is 0 Å². The summed E-state index contributed by atoms with van der Waals surface area (Å²) < 4.78 is 11.8. The van der Waals surface area contributed by atoms with Gasteiger partial charge in [0.25, 0.3) is 0 Å². The molecule has 0 spiro atoms. The molecule has 1 saturated heterocycles. The number of unbranched alkanes of at least 4 members (excludes halogenated alkanes) is 2. The minimum Gasteiger partial charge on any atom is -0.348 e. The van der Waals surface area contributed by atoms with Crippen molar-refractivity contribution in [3.05, 3.63) is 35.4 Å². The summed E-state index contributed by atoms with van der Waals surface area (Å²) >= 11 is 0. The molecular formula is C17H23NO2. The molecule has 0 atom stereocenters. The fourth-order valence-electron chi connectivity index (χ4n) is 2.50. The summed E-state index contributed by atoms with van der Waals surface area (Å²) in [5.41, 5.74) is 1.78. The van der Waals surface area contributed by atoms with Gasteiger partial charge in [-0.2, -0.15) is 5.26 Å². The molecule has 0 N–H and O–H groups in total. The Kier molecular flexibility index (Phi) is 5.17. The molecule has 0 radical (unpaired) electrons. The molecule has 1 aliphatic heterocycles. The predicted molar refractivity (Wildman–Crippen MR) is 78.1 cm³/mol. The summed E-state index contributed by atoms with van der Waals surface area (Å²) in [4.78, 5) is 0. The zero-order valence-electron chi connectivity index (χ0n) is 12.4. The Balaban J connectivity index is 1.88. The lowest BCUT2D eigenvalue weighted by molar-refractivity contribution is -0.231. The highest BCUT2D eigenvalue weighted by atomic mass is 16.7. The smallest absolute Gasteiger partial charge is 0.183 e. The minimum atomic E-state index is -0.290. The van der Waals surface area contributed by atoms with Gasteiger partial charge in [-0.1, -0.05) is 45.2 Å². The third kappa shape index (κ3) is 3.82. The van der Waals surface area contributed by atoms with E-state index < -0.39 is 0 Å². The second-order valence-electron chi connectivity index (χ2n) is 5.96. The molecule has 3 heteroatoms. The van der Waals surface area contributed by atoms with E-state index in [-0.39, 0.29) is 11.7 Å². The van der Waals surface area contributed by atoms with Gasteiger partial charge in [-0.15, -0.1) is 0 Å². The number of nitriles is 1. The number of nitrogens with zero attached hydrogens (tertiary/aromatic N) is 1. The van der Waals surface area contributed by atoms with Gasteiger partial charge in [-0.05, 0) is 18.6 Å². The Bertz CT molecular complexity index is 453. The normalized spacial score (nSPS) is 26.1. The van der Waals surface area contributed by atoms with Gasteiger partial charge in [-0.3, -0.25) is 0 Å². The number of hydrogen-bond acceptors (Lipinski definition) is 3. The third-order valence-electron chi connectivity index (χ3n) is 3.86. The van der Waals surface area contributed by atoms with Crippen LogP contribution in [-0.4, -0.2) is 13.2 Å². The van der Waals surface area contributed by atoms with Gasteiger partial charge in [0.1, 0.15) is 0 Å². The Morgan fingerprint density at radius 3 is 2.40 bits per heavy atom. The maximum absolute atomic E-state index is 8.80. The van der Waals surface area contributed by atoms with Crippen LogP contribution in [0.3, 0.4) is 0 Å². The van der Waals surface area contributed by atoms with Crippen LogP contribution in [0.1, 0.15) is 56.9 Å². The van der Waals surface area contributed by atoms with E-state index in [1.165, 1.54) is 19.3 Å². The Morgan fingerprint density at radius 2 is 1.85 bits per heavy atom. The van der Waals surface area contributed by atoms with Gasteiger partial charge < -0.3 is 9.47 Å². The van der Waals surface area contributed by atoms with E-state index in [1.807, 2.05) is 12.1 Å². The molecule has 1 aliphatic rings. The van der Waals surface area contributed by atoms with Gasteiger partial charge in [0.15, 0.2) is 6.29 Å². The Morgan fingerprint density at radius 1 is 1.20 bits per heavy atom. The van der Waals surface area contributed by atoms with Crippen LogP contribution < -0.4 is 0 Å². The van der Waals surface area contributed by atoms with Gasteiger partial charge in [0, 0.05) is 11.0 Å². The lowest BCUT2D eigenvalue weighted by Crippen LogP contribution is -2.36. The highest BCUT2D eigenvalue weighted by Gasteiger charge is 2.32. The van der Waals surface area contributed by atoms with E-state index >= 15 is 0 Å². The van der Waals surface area contributed by atoms with Crippen LogP contribution in [-0.2, 0) is 9.47 Å².